The van der Waals surface area contributed by atoms with E-state index in [9.17, 15) is 4.79 Å². The van der Waals surface area contributed by atoms with Gasteiger partial charge in [0.1, 0.15) is 12.4 Å². The standard InChI is InChI=1S/C17H18N6O/c24-17(12-22-11-10-18-21-22)20-16-8-9-19-23(16)15-7-3-5-13-4-1-2-6-14(13)15/h1-2,4,6,8-11,15H,3,5,7,12H2,(H,20,24). The van der Waals surface area contributed by atoms with Gasteiger partial charge in [-0.25, -0.2) is 9.36 Å². The van der Waals surface area contributed by atoms with Gasteiger partial charge >= 0.3 is 0 Å². The molecular formula is C17H18N6O. The zero-order valence-corrected chi connectivity index (χ0v) is 13.2. The van der Waals surface area contributed by atoms with E-state index in [0.29, 0.717) is 5.82 Å². The molecule has 1 aliphatic rings. The molecule has 2 heterocycles. The van der Waals surface area contributed by atoms with Gasteiger partial charge in [0.2, 0.25) is 5.91 Å². The molecule has 0 spiro atoms. The smallest absolute Gasteiger partial charge is 0.247 e. The van der Waals surface area contributed by atoms with Crippen LogP contribution in [0.4, 0.5) is 5.82 Å². The highest BCUT2D eigenvalue weighted by molar-refractivity contribution is 5.89. The Kier molecular flexibility index (Phi) is 3.82. The van der Waals surface area contributed by atoms with Crippen LogP contribution in [0.2, 0.25) is 0 Å². The van der Waals surface area contributed by atoms with Crippen molar-refractivity contribution in [2.75, 3.05) is 5.32 Å². The summed E-state index contributed by atoms with van der Waals surface area (Å²) in [5, 5.41) is 14.9. The summed E-state index contributed by atoms with van der Waals surface area (Å²) in [5.74, 6) is 0.563. The number of fused-ring (bicyclic) bond motifs is 1. The molecule has 0 saturated carbocycles. The number of anilines is 1. The van der Waals surface area contributed by atoms with Crippen LogP contribution in [0.15, 0.2) is 48.9 Å². The Bertz CT molecular complexity index is 838. The van der Waals surface area contributed by atoms with Crippen molar-refractivity contribution in [2.24, 2.45) is 0 Å². The Morgan fingerprint density at radius 1 is 1.25 bits per heavy atom. The monoisotopic (exact) mass is 322 g/mol. The molecule has 1 amide bonds. The lowest BCUT2D eigenvalue weighted by Gasteiger charge is -2.27. The molecule has 4 rings (SSSR count). The molecule has 0 radical (unpaired) electrons. The first-order valence-electron chi connectivity index (χ1n) is 8.06. The molecule has 1 aromatic carbocycles. The number of rotatable bonds is 4. The molecule has 7 heteroatoms. The SMILES string of the molecule is O=C(Cn1ccnn1)Nc1ccnn1C1CCCc2ccccc21. The quantitative estimate of drug-likeness (QED) is 0.797. The largest absolute Gasteiger partial charge is 0.309 e. The Hall–Kier alpha value is -2.96. The third-order valence-electron chi connectivity index (χ3n) is 4.35. The first kappa shape index (κ1) is 14.6. The zero-order chi connectivity index (χ0) is 16.4. The van der Waals surface area contributed by atoms with Crippen molar-refractivity contribution in [3.05, 3.63) is 60.0 Å². The number of amides is 1. The van der Waals surface area contributed by atoms with Gasteiger partial charge in [-0.3, -0.25) is 4.79 Å². The predicted octanol–water partition coefficient (Wildman–Crippen LogP) is 2.04. The molecule has 1 aliphatic carbocycles. The Labute approximate surface area is 139 Å². The van der Waals surface area contributed by atoms with Gasteiger partial charge in [-0.05, 0) is 30.4 Å². The number of hydrogen-bond donors (Lipinski definition) is 1. The number of nitrogens with zero attached hydrogens (tertiary/aromatic N) is 5. The van der Waals surface area contributed by atoms with Crippen molar-refractivity contribution < 1.29 is 4.79 Å². The second kappa shape index (κ2) is 6.27. The average molecular weight is 322 g/mol. The summed E-state index contributed by atoms with van der Waals surface area (Å²) in [6.07, 6.45) is 8.17. The maximum Gasteiger partial charge on any atom is 0.247 e. The van der Waals surface area contributed by atoms with E-state index >= 15 is 0 Å². The lowest BCUT2D eigenvalue weighted by atomic mass is 9.88. The Balaban J connectivity index is 1.56. The molecule has 24 heavy (non-hydrogen) atoms. The lowest BCUT2D eigenvalue weighted by Crippen LogP contribution is -2.24. The molecule has 3 aromatic rings. The van der Waals surface area contributed by atoms with Gasteiger partial charge in [0.15, 0.2) is 0 Å². The third-order valence-corrected chi connectivity index (χ3v) is 4.35. The van der Waals surface area contributed by atoms with Crippen LogP contribution in [-0.2, 0) is 17.8 Å². The fourth-order valence-electron chi connectivity index (χ4n) is 3.29. The van der Waals surface area contributed by atoms with Crippen LogP contribution in [0.25, 0.3) is 0 Å². The van der Waals surface area contributed by atoms with E-state index in [1.807, 2.05) is 10.7 Å². The fourth-order valence-corrected chi connectivity index (χ4v) is 3.29. The number of nitrogens with one attached hydrogen (secondary N) is 1. The van der Waals surface area contributed by atoms with E-state index in [4.69, 9.17) is 0 Å². The van der Waals surface area contributed by atoms with E-state index in [2.05, 4.69) is 45.0 Å². The van der Waals surface area contributed by atoms with Gasteiger partial charge in [-0.1, -0.05) is 29.5 Å². The lowest BCUT2D eigenvalue weighted by molar-refractivity contribution is -0.117. The Morgan fingerprint density at radius 2 is 2.17 bits per heavy atom. The van der Waals surface area contributed by atoms with Gasteiger partial charge in [-0.15, -0.1) is 5.10 Å². The highest BCUT2D eigenvalue weighted by Crippen LogP contribution is 2.34. The van der Waals surface area contributed by atoms with Crippen LogP contribution in [0.5, 0.6) is 0 Å². The molecule has 1 unspecified atom stereocenters. The minimum Gasteiger partial charge on any atom is -0.309 e. The minimum absolute atomic E-state index is 0.131. The number of aromatic nitrogens is 5. The summed E-state index contributed by atoms with van der Waals surface area (Å²) < 4.78 is 3.41. The van der Waals surface area contributed by atoms with Gasteiger partial charge in [0.05, 0.1) is 18.4 Å². The summed E-state index contributed by atoms with van der Waals surface area (Å²) in [4.78, 5) is 12.2. The van der Waals surface area contributed by atoms with Crippen molar-refractivity contribution in [3.8, 4) is 0 Å². The van der Waals surface area contributed by atoms with Crippen LogP contribution in [0, 0.1) is 0 Å². The highest BCUT2D eigenvalue weighted by atomic mass is 16.2. The number of carbonyl (C=O) groups excluding carboxylic acids is 1. The van der Waals surface area contributed by atoms with Gasteiger partial charge in [-0.2, -0.15) is 5.10 Å². The highest BCUT2D eigenvalue weighted by Gasteiger charge is 2.24. The molecular weight excluding hydrogens is 304 g/mol. The summed E-state index contributed by atoms with van der Waals surface area (Å²) in [6.45, 7) is 0.131. The zero-order valence-electron chi connectivity index (χ0n) is 13.2. The Morgan fingerprint density at radius 3 is 3.04 bits per heavy atom. The molecule has 122 valence electrons. The van der Waals surface area contributed by atoms with Crippen LogP contribution in [0.1, 0.15) is 30.0 Å². The first-order chi connectivity index (χ1) is 11.8. The average Bonchev–Trinajstić information content (AvgIpc) is 3.26. The molecule has 0 bridgehead atoms. The van der Waals surface area contributed by atoms with Crippen LogP contribution >= 0.6 is 0 Å². The topological polar surface area (TPSA) is 77.6 Å². The van der Waals surface area contributed by atoms with Crippen molar-refractivity contribution in [2.45, 2.75) is 31.8 Å². The van der Waals surface area contributed by atoms with Crippen molar-refractivity contribution in [3.63, 3.8) is 0 Å². The van der Waals surface area contributed by atoms with Crippen molar-refractivity contribution in [1.82, 2.24) is 24.8 Å². The normalized spacial score (nSPS) is 16.6. The van der Waals surface area contributed by atoms with E-state index in [0.717, 1.165) is 19.3 Å². The van der Waals surface area contributed by atoms with Gasteiger partial charge in [0.25, 0.3) is 0 Å². The molecule has 0 saturated heterocycles. The number of hydrogen-bond acceptors (Lipinski definition) is 4. The predicted molar refractivity (Wildman–Crippen MR) is 88.4 cm³/mol. The van der Waals surface area contributed by atoms with Crippen LogP contribution < -0.4 is 5.32 Å². The van der Waals surface area contributed by atoms with E-state index in [1.165, 1.54) is 15.8 Å². The number of carbonyl (C=O) groups is 1. The van der Waals surface area contributed by atoms with E-state index in [-0.39, 0.29) is 18.5 Å². The first-order valence-corrected chi connectivity index (χ1v) is 8.06. The van der Waals surface area contributed by atoms with Gasteiger partial charge in [0, 0.05) is 12.3 Å². The molecule has 1 atom stereocenters. The molecule has 0 aliphatic heterocycles. The fraction of sp³-hybridized carbons (Fsp3) is 0.294. The van der Waals surface area contributed by atoms with Crippen molar-refractivity contribution >= 4 is 11.7 Å². The summed E-state index contributed by atoms with van der Waals surface area (Å²) in [5.41, 5.74) is 2.66. The molecule has 0 fully saturated rings. The summed E-state index contributed by atoms with van der Waals surface area (Å²) in [6, 6.07) is 10.5. The second-order valence-corrected chi connectivity index (χ2v) is 5.92. The summed E-state index contributed by atoms with van der Waals surface area (Å²) in [7, 11) is 0. The number of benzene rings is 1. The molecule has 7 nitrogen and oxygen atoms in total. The van der Waals surface area contributed by atoms with E-state index < -0.39 is 0 Å². The maximum atomic E-state index is 12.2. The van der Waals surface area contributed by atoms with E-state index in [1.54, 1.807) is 18.6 Å². The number of aryl methyl sites for hydroxylation is 1. The summed E-state index contributed by atoms with van der Waals surface area (Å²) >= 11 is 0. The maximum absolute atomic E-state index is 12.2. The van der Waals surface area contributed by atoms with Gasteiger partial charge < -0.3 is 5.32 Å². The molecule has 1 N–H and O–H groups in total. The van der Waals surface area contributed by atoms with Crippen molar-refractivity contribution in [1.29, 1.82) is 0 Å². The minimum atomic E-state index is -0.147. The molecule has 2 aromatic heterocycles. The third kappa shape index (κ3) is 2.80. The second-order valence-electron chi connectivity index (χ2n) is 5.92. The van der Waals surface area contributed by atoms with Crippen LogP contribution in [-0.4, -0.2) is 30.7 Å². The van der Waals surface area contributed by atoms with Crippen LogP contribution in [0.3, 0.4) is 0 Å².